The van der Waals surface area contributed by atoms with Crippen LogP contribution in [0, 0.1) is 23.6 Å². The van der Waals surface area contributed by atoms with Crippen molar-refractivity contribution in [3.63, 3.8) is 0 Å². The smallest absolute Gasteiger partial charge is 0.150 e. The normalized spacial score (nSPS) is 29.5. The highest BCUT2D eigenvalue weighted by molar-refractivity contribution is 5.74. The molecule has 3 rings (SSSR count). The van der Waals surface area contributed by atoms with Crippen LogP contribution < -0.4 is 0 Å². The van der Waals surface area contributed by atoms with Gasteiger partial charge in [0.15, 0.2) is 0 Å². The molecule has 1 nitrogen and oxygen atoms in total. The van der Waals surface area contributed by atoms with Gasteiger partial charge in [-0.05, 0) is 73.8 Å². The third kappa shape index (κ3) is 4.96. The highest BCUT2D eigenvalue weighted by Crippen LogP contribution is 2.44. The largest absolute Gasteiger partial charge is 0.298 e. The van der Waals surface area contributed by atoms with Crippen molar-refractivity contribution in [1.29, 1.82) is 0 Å². The Hall–Kier alpha value is -1.18. The van der Waals surface area contributed by atoms with Gasteiger partial charge in [-0.1, -0.05) is 57.6 Å². The number of unbranched alkanes of at least 4 members (excludes halogenated alkanes) is 2. The molecule has 2 heteroatoms. The first-order valence-corrected chi connectivity index (χ1v) is 11.0. The Morgan fingerprint density at radius 3 is 2.19 bits per heavy atom. The van der Waals surface area contributed by atoms with Gasteiger partial charge in [0, 0.05) is 5.56 Å². The Balaban J connectivity index is 1.45. The minimum absolute atomic E-state index is 0.189. The molecule has 0 bridgehead atoms. The average Bonchev–Trinajstić information content (AvgIpc) is 2.69. The monoisotopic (exact) mass is 358 g/mol. The van der Waals surface area contributed by atoms with Gasteiger partial charge in [-0.2, -0.15) is 0 Å². The number of hydrogen-bond acceptors (Lipinski definition) is 1. The molecule has 2 fully saturated rings. The van der Waals surface area contributed by atoms with Crippen LogP contribution in [0.2, 0.25) is 0 Å². The fourth-order valence-corrected chi connectivity index (χ4v) is 5.48. The summed E-state index contributed by atoms with van der Waals surface area (Å²) in [5.41, 5.74) is 1.27. The first kappa shape index (κ1) is 19.6. The van der Waals surface area contributed by atoms with Gasteiger partial charge in [-0.15, -0.1) is 0 Å². The molecule has 2 saturated carbocycles. The Morgan fingerprint density at radius 1 is 0.962 bits per heavy atom. The molecule has 1 aromatic rings. The van der Waals surface area contributed by atoms with E-state index in [1.165, 1.54) is 70.3 Å². The average molecular weight is 359 g/mol. The lowest BCUT2D eigenvalue weighted by atomic mass is 9.68. The van der Waals surface area contributed by atoms with Crippen molar-refractivity contribution in [2.75, 3.05) is 0 Å². The lowest BCUT2D eigenvalue weighted by molar-refractivity contribution is 0.112. The van der Waals surface area contributed by atoms with Crippen LogP contribution in [-0.4, -0.2) is 6.29 Å². The molecular formula is C24H35FO. The third-order valence-corrected chi connectivity index (χ3v) is 7.15. The molecule has 0 spiro atoms. The number of halogens is 1. The summed E-state index contributed by atoms with van der Waals surface area (Å²) in [6, 6.07) is 5.00. The van der Waals surface area contributed by atoms with Crippen LogP contribution in [0.3, 0.4) is 0 Å². The van der Waals surface area contributed by atoms with Crippen LogP contribution >= 0.6 is 0 Å². The second-order valence-electron chi connectivity index (χ2n) is 8.79. The second kappa shape index (κ2) is 9.67. The molecule has 2 aliphatic rings. The molecule has 0 saturated heterocycles. The maximum absolute atomic E-state index is 14.3. The Bertz CT molecular complexity index is 566. The fourth-order valence-electron chi connectivity index (χ4n) is 5.48. The van der Waals surface area contributed by atoms with Gasteiger partial charge in [0.05, 0.1) is 0 Å². The first-order valence-electron chi connectivity index (χ1n) is 11.0. The zero-order valence-corrected chi connectivity index (χ0v) is 16.4. The first-order chi connectivity index (χ1) is 12.7. The summed E-state index contributed by atoms with van der Waals surface area (Å²) in [7, 11) is 0. The van der Waals surface area contributed by atoms with Crippen LogP contribution in [0.1, 0.15) is 106 Å². The maximum atomic E-state index is 14.3. The van der Waals surface area contributed by atoms with Gasteiger partial charge in [-0.3, -0.25) is 4.79 Å². The van der Waals surface area contributed by atoms with Crippen LogP contribution in [0.4, 0.5) is 4.39 Å². The summed E-state index contributed by atoms with van der Waals surface area (Å²) in [4.78, 5) is 10.8. The number of rotatable bonds is 7. The van der Waals surface area contributed by atoms with Crippen molar-refractivity contribution >= 4 is 6.29 Å². The minimum atomic E-state index is -0.189. The number of carbonyl (C=O) groups is 1. The van der Waals surface area contributed by atoms with Crippen molar-refractivity contribution in [3.05, 3.63) is 35.1 Å². The summed E-state index contributed by atoms with van der Waals surface area (Å²) in [5.74, 6) is 2.92. The molecule has 144 valence electrons. The zero-order valence-electron chi connectivity index (χ0n) is 16.4. The molecular weight excluding hydrogens is 323 g/mol. The van der Waals surface area contributed by atoms with Gasteiger partial charge in [0.1, 0.15) is 12.1 Å². The van der Waals surface area contributed by atoms with Gasteiger partial charge in [-0.25, -0.2) is 4.39 Å². The van der Waals surface area contributed by atoms with E-state index < -0.39 is 0 Å². The molecule has 0 aromatic heterocycles. The minimum Gasteiger partial charge on any atom is -0.298 e. The van der Waals surface area contributed by atoms with Crippen LogP contribution in [0.5, 0.6) is 0 Å². The van der Waals surface area contributed by atoms with Crippen molar-refractivity contribution in [2.24, 2.45) is 17.8 Å². The van der Waals surface area contributed by atoms with E-state index in [1.54, 1.807) is 6.07 Å². The summed E-state index contributed by atoms with van der Waals surface area (Å²) in [6.45, 7) is 2.29. The van der Waals surface area contributed by atoms with Crippen molar-refractivity contribution in [2.45, 2.75) is 89.9 Å². The molecule has 1 aromatic carbocycles. The van der Waals surface area contributed by atoms with Crippen molar-refractivity contribution < 1.29 is 9.18 Å². The van der Waals surface area contributed by atoms with E-state index in [4.69, 9.17) is 0 Å². The van der Waals surface area contributed by atoms with Gasteiger partial charge in [0.2, 0.25) is 0 Å². The maximum Gasteiger partial charge on any atom is 0.150 e. The molecule has 2 aliphatic carbocycles. The standard InChI is InChI=1S/C24H35FO/c1-2-3-4-5-18-6-9-20(10-7-18)21-11-13-22(14-12-21)23-15-8-19(17-26)16-24(23)25/h8,15-18,20-22H,2-7,9-14H2,1H3. The highest BCUT2D eigenvalue weighted by Gasteiger charge is 2.31. The molecule has 0 amide bonds. The zero-order chi connectivity index (χ0) is 18.4. The number of benzene rings is 1. The third-order valence-electron chi connectivity index (χ3n) is 7.15. The van der Waals surface area contributed by atoms with E-state index in [1.807, 2.05) is 6.07 Å². The fraction of sp³-hybridized carbons (Fsp3) is 0.708. The number of aldehydes is 1. The number of carbonyl (C=O) groups excluding carboxylic acids is 1. The van der Waals surface area contributed by atoms with E-state index in [0.29, 0.717) is 11.5 Å². The van der Waals surface area contributed by atoms with Gasteiger partial charge < -0.3 is 0 Å². The lowest BCUT2D eigenvalue weighted by Crippen LogP contribution is -2.25. The quantitative estimate of drug-likeness (QED) is 0.369. The van der Waals surface area contributed by atoms with E-state index in [-0.39, 0.29) is 5.82 Å². The topological polar surface area (TPSA) is 17.1 Å². The van der Waals surface area contributed by atoms with Crippen molar-refractivity contribution in [1.82, 2.24) is 0 Å². The molecule has 0 aliphatic heterocycles. The molecule has 0 heterocycles. The predicted molar refractivity (Wildman–Crippen MR) is 106 cm³/mol. The summed E-state index contributed by atoms with van der Waals surface area (Å²) in [5, 5.41) is 0. The van der Waals surface area contributed by atoms with E-state index in [2.05, 4.69) is 6.92 Å². The van der Waals surface area contributed by atoms with Gasteiger partial charge >= 0.3 is 0 Å². The summed E-state index contributed by atoms with van der Waals surface area (Å²) in [6.07, 6.45) is 16.8. The molecule has 0 unspecified atom stereocenters. The van der Waals surface area contributed by atoms with E-state index in [9.17, 15) is 9.18 Å². The Kier molecular flexibility index (Phi) is 7.28. The molecule has 26 heavy (non-hydrogen) atoms. The van der Waals surface area contributed by atoms with E-state index >= 15 is 0 Å². The van der Waals surface area contributed by atoms with Crippen LogP contribution in [0.25, 0.3) is 0 Å². The van der Waals surface area contributed by atoms with Gasteiger partial charge in [0.25, 0.3) is 0 Å². The second-order valence-corrected chi connectivity index (χ2v) is 8.79. The molecule has 0 atom stereocenters. The summed E-state index contributed by atoms with van der Waals surface area (Å²) >= 11 is 0. The number of hydrogen-bond donors (Lipinski definition) is 0. The van der Waals surface area contributed by atoms with E-state index in [0.717, 1.165) is 42.4 Å². The van der Waals surface area contributed by atoms with Crippen LogP contribution in [-0.2, 0) is 0 Å². The SMILES string of the molecule is CCCCCC1CCC(C2CCC(c3ccc(C=O)cc3F)CC2)CC1. The highest BCUT2D eigenvalue weighted by atomic mass is 19.1. The molecule has 0 N–H and O–H groups in total. The Labute approximate surface area is 158 Å². The van der Waals surface area contributed by atoms with Crippen LogP contribution in [0.15, 0.2) is 18.2 Å². The Morgan fingerprint density at radius 2 is 1.62 bits per heavy atom. The predicted octanol–water partition coefficient (Wildman–Crippen LogP) is 7.30. The molecule has 0 radical (unpaired) electrons. The van der Waals surface area contributed by atoms with Crippen molar-refractivity contribution in [3.8, 4) is 0 Å². The summed E-state index contributed by atoms with van der Waals surface area (Å²) < 4.78 is 14.3. The lowest BCUT2D eigenvalue weighted by Gasteiger charge is -2.38.